The maximum atomic E-state index is 13.3. The summed E-state index contributed by atoms with van der Waals surface area (Å²) in [5, 5.41) is 15.8. The number of rotatable bonds is 2. The first-order valence-corrected chi connectivity index (χ1v) is 7.65. The largest absolute Gasteiger partial charge is 0.410 e. The third-order valence-corrected chi connectivity index (χ3v) is 5.08. The highest BCUT2D eigenvalue weighted by atomic mass is 32.1. The van der Waals surface area contributed by atoms with Gasteiger partial charge >= 0.3 is 6.18 Å². The van der Waals surface area contributed by atoms with Gasteiger partial charge in [-0.2, -0.15) is 23.5 Å². The van der Waals surface area contributed by atoms with Crippen molar-refractivity contribution in [2.45, 2.75) is 38.0 Å². The summed E-state index contributed by atoms with van der Waals surface area (Å²) in [6.45, 7) is 2.01. The van der Waals surface area contributed by atoms with Gasteiger partial charge in [-0.3, -0.25) is 0 Å². The summed E-state index contributed by atoms with van der Waals surface area (Å²) in [6, 6.07) is 3.49. The number of anilines is 1. The number of hydrogen-bond donors (Lipinski definition) is 1. The number of thiophene rings is 1. The Balaban J connectivity index is 2.01. The molecule has 2 aromatic heterocycles. The zero-order chi connectivity index (χ0) is 15.9. The summed E-state index contributed by atoms with van der Waals surface area (Å²) in [5.74, 6) is 0.146. The van der Waals surface area contributed by atoms with Gasteiger partial charge in [0.25, 0.3) is 0 Å². The van der Waals surface area contributed by atoms with Gasteiger partial charge in [0.1, 0.15) is 17.5 Å². The van der Waals surface area contributed by atoms with Crippen molar-refractivity contribution in [3.05, 3.63) is 33.6 Å². The minimum absolute atomic E-state index is 0.131. The minimum atomic E-state index is -4.40. The molecule has 0 fully saturated rings. The molecule has 1 aliphatic heterocycles. The van der Waals surface area contributed by atoms with Gasteiger partial charge in [0.15, 0.2) is 6.04 Å². The molecule has 2 atom stereocenters. The molecule has 2 aromatic rings. The molecule has 116 valence electrons. The normalized spacial score (nSPS) is 21.0. The Kier molecular flexibility index (Phi) is 3.60. The van der Waals surface area contributed by atoms with E-state index in [2.05, 4.69) is 10.4 Å². The van der Waals surface area contributed by atoms with Gasteiger partial charge in [-0.25, -0.2) is 4.68 Å². The van der Waals surface area contributed by atoms with Crippen molar-refractivity contribution < 1.29 is 13.2 Å². The number of hydrogen-bond acceptors (Lipinski definition) is 4. The van der Waals surface area contributed by atoms with Crippen LogP contribution in [0, 0.1) is 11.3 Å². The first kappa shape index (κ1) is 14.9. The topological polar surface area (TPSA) is 53.6 Å². The maximum absolute atomic E-state index is 13.3. The fraction of sp³-hybridized carbons (Fsp3) is 0.429. The molecule has 0 saturated heterocycles. The summed E-state index contributed by atoms with van der Waals surface area (Å²) in [5.41, 5.74) is 0.131. The Morgan fingerprint density at radius 3 is 2.86 bits per heavy atom. The third kappa shape index (κ3) is 2.46. The lowest BCUT2D eigenvalue weighted by atomic mass is 10.0. The Bertz CT molecular complexity index is 725. The molecule has 3 rings (SSSR count). The molecular formula is C14H13F3N4S. The predicted molar refractivity (Wildman–Crippen MR) is 76.7 cm³/mol. The van der Waals surface area contributed by atoms with Crippen LogP contribution in [0.15, 0.2) is 18.3 Å². The Morgan fingerprint density at radius 2 is 2.27 bits per heavy atom. The first-order valence-electron chi connectivity index (χ1n) is 6.83. The SMILES string of the molecule is CCc1ccc([C@H]2C[C@H](C(F)(F)F)n3ncc(C#N)c3N2)s1. The van der Waals surface area contributed by atoms with E-state index in [9.17, 15) is 13.2 Å². The van der Waals surface area contributed by atoms with Crippen molar-refractivity contribution in [3.8, 4) is 6.07 Å². The zero-order valence-corrected chi connectivity index (χ0v) is 12.5. The van der Waals surface area contributed by atoms with E-state index < -0.39 is 18.3 Å². The highest BCUT2D eigenvalue weighted by molar-refractivity contribution is 7.12. The fourth-order valence-electron chi connectivity index (χ4n) is 2.60. The van der Waals surface area contributed by atoms with Gasteiger partial charge in [0, 0.05) is 16.2 Å². The molecule has 0 aliphatic carbocycles. The summed E-state index contributed by atoms with van der Waals surface area (Å²) < 4.78 is 40.9. The molecule has 0 unspecified atom stereocenters. The summed E-state index contributed by atoms with van der Waals surface area (Å²) in [7, 11) is 0. The highest BCUT2D eigenvalue weighted by Crippen LogP contribution is 2.45. The number of alkyl halides is 3. The monoisotopic (exact) mass is 326 g/mol. The summed E-state index contributed by atoms with van der Waals surface area (Å²) in [4.78, 5) is 1.97. The molecule has 3 heterocycles. The van der Waals surface area contributed by atoms with E-state index >= 15 is 0 Å². The lowest BCUT2D eigenvalue weighted by molar-refractivity contribution is -0.173. The summed E-state index contributed by atoms with van der Waals surface area (Å²) in [6.07, 6.45) is -2.51. The van der Waals surface area contributed by atoms with E-state index in [1.54, 1.807) is 0 Å². The molecule has 0 bridgehead atoms. The van der Waals surface area contributed by atoms with Crippen LogP contribution in [0.25, 0.3) is 0 Å². The van der Waals surface area contributed by atoms with Gasteiger partial charge in [0.05, 0.1) is 12.2 Å². The molecule has 1 N–H and O–H groups in total. The Labute approximate surface area is 129 Å². The average molecular weight is 326 g/mol. The van der Waals surface area contributed by atoms with Crippen LogP contribution in [-0.2, 0) is 6.42 Å². The van der Waals surface area contributed by atoms with Gasteiger partial charge in [0.2, 0.25) is 0 Å². The second kappa shape index (κ2) is 5.32. The molecule has 4 nitrogen and oxygen atoms in total. The van der Waals surface area contributed by atoms with Crippen LogP contribution in [0.2, 0.25) is 0 Å². The van der Waals surface area contributed by atoms with Crippen molar-refractivity contribution in [2.75, 3.05) is 5.32 Å². The van der Waals surface area contributed by atoms with E-state index in [1.165, 1.54) is 17.5 Å². The number of nitriles is 1. The van der Waals surface area contributed by atoms with Crippen LogP contribution >= 0.6 is 11.3 Å². The van der Waals surface area contributed by atoms with Crippen molar-refractivity contribution in [3.63, 3.8) is 0 Å². The summed E-state index contributed by atoms with van der Waals surface area (Å²) >= 11 is 1.50. The molecule has 1 aliphatic rings. The van der Waals surface area contributed by atoms with Crippen LogP contribution in [-0.4, -0.2) is 16.0 Å². The number of aryl methyl sites for hydroxylation is 1. The molecule has 22 heavy (non-hydrogen) atoms. The van der Waals surface area contributed by atoms with Gasteiger partial charge < -0.3 is 5.32 Å². The lowest BCUT2D eigenvalue weighted by Gasteiger charge is -2.33. The second-order valence-corrected chi connectivity index (χ2v) is 6.31. The van der Waals surface area contributed by atoms with Gasteiger partial charge in [-0.15, -0.1) is 11.3 Å². The quantitative estimate of drug-likeness (QED) is 0.906. The zero-order valence-electron chi connectivity index (χ0n) is 11.7. The van der Waals surface area contributed by atoms with Crippen molar-refractivity contribution in [1.82, 2.24) is 9.78 Å². The number of nitrogens with zero attached hydrogens (tertiary/aromatic N) is 3. The van der Waals surface area contributed by atoms with E-state index in [0.717, 1.165) is 20.9 Å². The lowest BCUT2D eigenvalue weighted by Crippen LogP contribution is -2.35. The average Bonchev–Trinajstić information content (AvgIpc) is 3.11. The molecular weight excluding hydrogens is 313 g/mol. The van der Waals surface area contributed by atoms with Crippen LogP contribution in [0.5, 0.6) is 0 Å². The van der Waals surface area contributed by atoms with Crippen molar-refractivity contribution in [2.24, 2.45) is 0 Å². The van der Waals surface area contributed by atoms with E-state index in [4.69, 9.17) is 5.26 Å². The molecule has 0 amide bonds. The number of fused-ring (bicyclic) bond motifs is 1. The van der Waals surface area contributed by atoms with Crippen LogP contribution < -0.4 is 5.32 Å². The first-order chi connectivity index (χ1) is 10.4. The smallest absolute Gasteiger partial charge is 0.361 e. The van der Waals surface area contributed by atoms with E-state index in [1.807, 2.05) is 25.1 Å². The molecule has 8 heteroatoms. The standard InChI is InChI=1S/C14H13F3N4S/c1-2-9-3-4-11(22-9)10-5-12(14(15,16)17)21-13(20-10)8(6-18)7-19-21/h3-4,7,10,12,20H,2,5H2,1H3/t10-,12-/m1/s1. The van der Waals surface area contributed by atoms with Crippen LogP contribution in [0.4, 0.5) is 19.0 Å². The van der Waals surface area contributed by atoms with Crippen molar-refractivity contribution >= 4 is 17.2 Å². The van der Waals surface area contributed by atoms with E-state index in [-0.39, 0.29) is 17.8 Å². The minimum Gasteiger partial charge on any atom is -0.361 e. The third-order valence-electron chi connectivity index (χ3n) is 3.73. The Hall–Kier alpha value is -2.01. The number of aromatic nitrogens is 2. The Morgan fingerprint density at radius 1 is 1.50 bits per heavy atom. The molecule has 0 radical (unpaired) electrons. The van der Waals surface area contributed by atoms with E-state index in [0.29, 0.717) is 0 Å². The van der Waals surface area contributed by atoms with Gasteiger partial charge in [-0.1, -0.05) is 6.92 Å². The molecule has 0 spiro atoms. The fourth-order valence-corrected chi connectivity index (χ4v) is 3.62. The predicted octanol–water partition coefficient (Wildman–Crippen LogP) is 4.04. The van der Waals surface area contributed by atoms with Crippen molar-refractivity contribution in [1.29, 1.82) is 5.26 Å². The van der Waals surface area contributed by atoms with Crippen LogP contribution in [0.3, 0.4) is 0 Å². The molecule has 0 saturated carbocycles. The van der Waals surface area contributed by atoms with Crippen LogP contribution in [0.1, 0.15) is 40.7 Å². The van der Waals surface area contributed by atoms with Gasteiger partial charge in [-0.05, 0) is 18.6 Å². The maximum Gasteiger partial charge on any atom is 0.410 e. The number of halogens is 3. The number of nitrogens with one attached hydrogen (secondary N) is 1. The molecule has 0 aromatic carbocycles. The second-order valence-electron chi connectivity index (χ2n) is 5.11. The highest BCUT2D eigenvalue weighted by Gasteiger charge is 2.47.